The van der Waals surface area contributed by atoms with Crippen molar-refractivity contribution in [2.24, 2.45) is 0 Å². The zero-order valence-corrected chi connectivity index (χ0v) is 18.7. The van der Waals surface area contributed by atoms with Gasteiger partial charge in [-0.2, -0.15) is 0 Å². The molecular formula is C23H28N4O3S. The molecule has 2 N–H and O–H groups in total. The zero-order valence-electron chi connectivity index (χ0n) is 17.9. The molecule has 8 heteroatoms. The Balaban J connectivity index is 1.62. The first kappa shape index (κ1) is 21.7. The predicted octanol–water partition coefficient (Wildman–Crippen LogP) is 2.66. The van der Waals surface area contributed by atoms with Crippen molar-refractivity contribution < 1.29 is 14.6 Å². The third-order valence-corrected chi connectivity index (χ3v) is 6.58. The van der Waals surface area contributed by atoms with Crippen molar-refractivity contribution in [3.63, 3.8) is 0 Å². The smallest absolute Gasteiger partial charge is 0.261 e. The zero-order chi connectivity index (χ0) is 21.8. The van der Waals surface area contributed by atoms with Gasteiger partial charge in [0.2, 0.25) is 0 Å². The van der Waals surface area contributed by atoms with Crippen LogP contribution in [0.5, 0.6) is 0 Å². The Labute approximate surface area is 186 Å². The van der Waals surface area contributed by atoms with Crippen LogP contribution in [-0.2, 0) is 11.3 Å². The number of rotatable bonds is 7. The molecule has 1 fully saturated rings. The van der Waals surface area contributed by atoms with Gasteiger partial charge >= 0.3 is 0 Å². The molecule has 3 aromatic rings. The number of aromatic nitrogens is 1. The highest BCUT2D eigenvalue weighted by Crippen LogP contribution is 2.38. The number of ether oxygens (including phenoxy) is 1. The number of aliphatic hydroxyl groups excluding tert-OH is 1. The van der Waals surface area contributed by atoms with Gasteiger partial charge in [-0.3, -0.25) is 9.69 Å². The lowest BCUT2D eigenvalue weighted by Crippen LogP contribution is -2.38. The molecule has 164 valence electrons. The molecule has 4 rings (SSSR count). The highest BCUT2D eigenvalue weighted by Gasteiger charge is 2.30. The van der Waals surface area contributed by atoms with E-state index < -0.39 is 0 Å². The quantitative estimate of drug-likeness (QED) is 0.588. The minimum absolute atomic E-state index is 0.0843. The van der Waals surface area contributed by atoms with Crippen LogP contribution in [0.3, 0.4) is 0 Å². The normalized spacial score (nSPS) is 17.1. The number of fused-ring (bicyclic) bond motifs is 1. The van der Waals surface area contributed by atoms with Gasteiger partial charge in [0.25, 0.3) is 5.91 Å². The van der Waals surface area contributed by atoms with Gasteiger partial charge in [0.15, 0.2) is 0 Å². The standard InChI is InChI=1S/C23H28N4O3S/c1-26(2)22-16(6-5-9-24-22)14-27-11-13-30-18(15-27)20-17-7-3-4-8-19(17)31-21(20)23(29)25-10-12-28/h3-9,18,28H,10-15H2,1-2H3,(H,25,29). The monoisotopic (exact) mass is 440 g/mol. The second kappa shape index (κ2) is 9.74. The summed E-state index contributed by atoms with van der Waals surface area (Å²) in [6.45, 7) is 3.05. The molecule has 1 aliphatic rings. The summed E-state index contributed by atoms with van der Waals surface area (Å²) in [4.78, 5) is 22.4. The molecule has 2 aromatic heterocycles. The van der Waals surface area contributed by atoms with Crippen molar-refractivity contribution in [2.75, 3.05) is 51.8 Å². The Morgan fingerprint density at radius 1 is 1.32 bits per heavy atom. The maximum absolute atomic E-state index is 12.8. The summed E-state index contributed by atoms with van der Waals surface area (Å²) in [7, 11) is 4.01. The van der Waals surface area contributed by atoms with Crippen molar-refractivity contribution in [3.8, 4) is 0 Å². The first-order valence-electron chi connectivity index (χ1n) is 10.4. The Morgan fingerprint density at radius 2 is 2.16 bits per heavy atom. The summed E-state index contributed by atoms with van der Waals surface area (Å²) in [6.07, 6.45) is 1.62. The van der Waals surface area contributed by atoms with Crippen LogP contribution >= 0.6 is 11.3 Å². The van der Waals surface area contributed by atoms with Crippen molar-refractivity contribution in [1.82, 2.24) is 15.2 Å². The van der Waals surface area contributed by atoms with E-state index in [4.69, 9.17) is 9.84 Å². The van der Waals surface area contributed by atoms with Crippen molar-refractivity contribution >= 4 is 33.1 Å². The molecule has 1 saturated heterocycles. The Bertz CT molecular complexity index is 1050. The highest BCUT2D eigenvalue weighted by molar-refractivity contribution is 7.21. The Kier molecular flexibility index (Phi) is 6.82. The summed E-state index contributed by atoms with van der Waals surface area (Å²) in [5.74, 6) is 0.809. The second-order valence-electron chi connectivity index (χ2n) is 7.80. The summed E-state index contributed by atoms with van der Waals surface area (Å²) >= 11 is 1.48. The third kappa shape index (κ3) is 4.72. The molecule has 1 amide bonds. The molecule has 0 aliphatic carbocycles. The molecule has 1 atom stereocenters. The van der Waals surface area contributed by atoms with E-state index in [1.807, 2.05) is 49.5 Å². The van der Waals surface area contributed by atoms with E-state index in [0.29, 0.717) is 18.0 Å². The number of thiophene rings is 1. The van der Waals surface area contributed by atoms with Crippen LogP contribution in [0.4, 0.5) is 5.82 Å². The van der Waals surface area contributed by atoms with E-state index >= 15 is 0 Å². The lowest BCUT2D eigenvalue weighted by Gasteiger charge is -2.34. The average Bonchev–Trinajstić information content (AvgIpc) is 3.17. The lowest BCUT2D eigenvalue weighted by atomic mass is 10.0. The molecule has 0 spiro atoms. The van der Waals surface area contributed by atoms with E-state index in [1.54, 1.807) is 0 Å². The number of benzene rings is 1. The van der Waals surface area contributed by atoms with Crippen molar-refractivity contribution in [2.45, 2.75) is 12.6 Å². The van der Waals surface area contributed by atoms with Crippen LogP contribution in [0.1, 0.15) is 26.9 Å². The highest BCUT2D eigenvalue weighted by atomic mass is 32.1. The van der Waals surface area contributed by atoms with Crippen molar-refractivity contribution in [3.05, 3.63) is 58.6 Å². The number of nitrogens with zero attached hydrogens (tertiary/aromatic N) is 3. The predicted molar refractivity (Wildman–Crippen MR) is 124 cm³/mol. The fourth-order valence-electron chi connectivity index (χ4n) is 4.02. The van der Waals surface area contributed by atoms with E-state index in [1.165, 1.54) is 16.9 Å². The Morgan fingerprint density at radius 3 is 2.97 bits per heavy atom. The van der Waals surface area contributed by atoms with Gasteiger partial charge in [-0.15, -0.1) is 11.3 Å². The molecule has 7 nitrogen and oxygen atoms in total. The molecule has 0 bridgehead atoms. The fraction of sp³-hybridized carbons (Fsp3) is 0.391. The lowest BCUT2D eigenvalue weighted by molar-refractivity contribution is -0.0323. The molecular weight excluding hydrogens is 412 g/mol. The van der Waals surface area contributed by atoms with Gasteiger partial charge in [-0.1, -0.05) is 24.3 Å². The number of nitrogens with one attached hydrogen (secondary N) is 1. The molecule has 31 heavy (non-hydrogen) atoms. The number of pyridine rings is 1. The first-order chi connectivity index (χ1) is 15.1. The minimum Gasteiger partial charge on any atom is -0.395 e. The molecule has 0 radical (unpaired) electrons. The first-order valence-corrected chi connectivity index (χ1v) is 11.3. The maximum Gasteiger partial charge on any atom is 0.261 e. The number of hydrogen-bond donors (Lipinski definition) is 2. The van der Waals surface area contributed by atoms with Gasteiger partial charge < -0.3 is 20.1 Å². The van der Waals surface area contributed by atoms with Crippen LogP contribution in [0, 0.1) is 0 Å². The topological polar surface area (TPSA) is 77.9 Å². The maximum atomic E-state index is 12.8. The van der Waals surface area contributed by atoms with E-state index in [9.17, 15) is 4.79 Å². The van der Waals surface area contributed by atoms with Crippen LogP contribution in [0.2, 0.25) is 0 Å². The van der Waals surface area contributed by atoms with E-state index in [-0.39, 0.29) is 25.2 Å². The molecule has 1 aromatic carbocycles. The fourth-order valence-corrected chi connectivity index (χ4v) is 5.19. The Hall–Kier alpha value is -2.52. The summed E-state index contributed by atoms with van der Waals surface area (Å²) in [5.41, 5.74) is 2.11. The van der Waals surface area contributed by atoms with Crippen LogP contribution < -0.4 is 10.2 Å². The van der Waals surface area contributed by atoms with Gasteiger partial charge in [0.1, 0.15) is 5.82 Å². The van der Waals surface area contributed by atoms with Crippen LogP contribution in [-0.4, -0.2) is 67.8 Å². The number of carbonyl (C=O) groups excluding carboxylic acids is 1. The van der Waals surface area contributed by atoms with Crippen LogP contribution in [0.25, 0.3) is 10.1 Å². The summed E-state index contributed by atoms with van der Waals surface area (Å²) < 4.78 is 7.25. The largest absolute Gasteiger partial charge is 0.395 e. The van der Waals surface area contributed by atoms with Gasteiger partial charge in [0, 0.05) is 62.3 Å². The second-order valence-corrected chi connectivity index (χ2v) is 8.85. The SMILES string of the molecule is CN(C)c1ncccc1CN1CCOC(c2c(C(=O)NCCO)sc3ccccc23)C1. The molecule has 0 saturated carbocycles. The third-order valence-electron chi connectivity index (χ3n) is 5.40. The molecule has 1 aliphatic heterocycles. The number of carbonyl (C=O) groups is 1. The number of morpholine rings is 1. The number of amides is 1. The van der Waals surface area contributed by atoms with E-state index in [0.717, 1.165) is 34.6 Å². The molecule has 3 heterocycles. The van der Waals surface area contributed by atoms with Crippen LogP contribution in [0.15, 0.2) is 42.6 Å². The number of hydrogen-bond acceptors (Lipinski definition) is 7. The number of anilines is 1. The minimum atomic E-state index is -0.195. The van der Waals surface area contributed by atoms with Gasteiger partial charge in [-0.05, 0) is 17.5 Å². The van der Waals surface area contributed by atoms with Gasteiger partial charge in [-0.25, -0.2) is 4.98 Å². The van der Waals surface area contributed by atoms with Crippen molar-refractivity contribution in [1.29, 1.82) is 0 Å². The number of aliphatic hydroxyl groups is 1. The van der Waals surface area contributed by atoms with Gasteiger partial charge in [0.05, 0.1) is 24.2 Å². The summed E-state index contributed by atoms with van der Waals surface area (Å²) in [5, 5.41) is 13.0. The average molecular weight is 441 g/mol. The molecule has 1 unspecified atom stereocenters. The van der Waals surface area contributed by atoms with E-state index in [2.05, 4.69) is 27.3 Å². The summed E-state index contributed by atoms with van der Waals surface area (Å²) in [6, 6.07) is 12.1.